The minimum atomic E-state index is 0.0734. The molecule has 0 amide bonds. The molecule has 0 saturated carbocycles. The van der Waals surface area contributed by atoms with E-state index in [1.807, 2.05) is 6.92 Å². The first-order valence-corrected chi connectivity index (χ1v) is 3.61. The van der Waals surface area contributed by atoms with Crippen molar-refractivity contribution in [1.82, 2.24) is 0 Å². The molecule has 0 aliphatic rings. The van der Waals surface area contributed by atoms with E-state index >= 15 is 0 Å². The van der Waals surface area contributed by atoms with Crippen molar-refractivity contribution in [3.05, 3.63) is 29.6 Å². The predicted octanol–water partition coefficient (Wildman–Crippen LogP) is 2.34. The second-order valence-electron chi connectivity index (χ2n) is 2.20. The molecule has 0 saturated heterocycles. The Morgan fingerprint density at radius 2 is 2.33 bits per heavy atom. The SMILES string of the molecule is [C-]#[N+]c1ccc(O)c(OCC)c1. The summed E-state index contributed by atoms with van der Waals surface area (Å²) in [5.74, 6) is 0.440. The lowest BCUT2D eigenvalue weighted by Gasteiger charge is -2.04. The van der Waals surface area contributed by atoms with Crippen LogP contribution in [-0.2, 0) is 0 Å². The third-order valence-corrected chi connectivity index (χ3v) is 1.37. The maximum Gasteiger partial charge on any atom is 0.191 e. The molecule has 12 heavy (non-hydrogen) atoms. The van der Waals surface area contributed by atoms with Crippen molar-refractivity contribution in [3.63, 3.8) is 0 Å². The van der Waals surface area contributed by atoms with Crippen molar-refractivity contribution >= 4 is 5.69 Å². The molecule has 1 aromatic rings. The molecule has 0 fully saturated rings. The number of phenolic OH excluding ortho intramolecular Hbond substituents is 1. The van der Waals surface area contributed by atoms with Gasteiger partial charge in [0.15, 0.2) is 17.2 Å². The van der Waals surface area contributed by atoms with Crippen molar-refractivity contribution < 1.29 is 9.84 Å². The highest BCUT2D eigenvalue weighted by Gasteiger charge is 2.01. The molecule has 0 aliphatic carbocycles. The van der Waals surface area contributed by atoms with Crippen molar-refractivity contribution in [3.8, 4) is 11.5 Å². The first kappa shape index (κ1) is 8.41. The predicted molar refractivity (Wildman–Crippen MR) is 45.5 cm³/mol. The summed E-state index contributed by atoms with van der Waals surface area (Å²) < 4.78 is 5.09. The van der Waals surface area contributed by atoms with Crippen LogP contribution >= 0.6 is 0 Å². The number of nitrogens with zero attached hydrogens (tertiary/aromatic N) is 1. The van der Waals surface area contributed by atoms with E-state index in [9.17, 15) is 5.11 Å². The van der Waals surface area contributed by atoms with Gasteiger partial charge in [0.2, 0.25) is 0 Å². The fraction of sp³-hybridized carbons (Fsp3) is 0.222. The van der Waals surface area contributed by atoms with Crippen LogP contribution in [0.25, 0.3) is 4.85 Å². The van der Waals surface area contributed by atoms with Crippen LogP contribution in [0.3, 0.4) is 0 Å². The molecule has 3 nitrogen and oxygen atoms in total. The van der Waals surface area contributed by atoms with Gasteiger partial charge in [-0.1, -0.05) is 6.07 Å². The summed E-state index contributed by atoms with van der Waals surface area (Å²) in [6.07, 6.45) is 0. The molecule has 3 heteroatoms. The standard InChI is InChI=1S/C9H9NO2/c1-3-12-9-6-7(10-2)4-5-8(9)11/h4-6,11H,3H2,1H3. The Balaban J connectivity index is 3.01. The molecular formula is C9H9NO2. The Labute approximate surface area is 71.0 Å². The van der Waals surface area contributed by atoms with Gasteiger partial charge in [0, 0.05) is 0 Å². The second-order valence-corrected chi connectivity index (χ2v) is 2.20. The highest BCUT2D eigenvalue weighted by molar-refractivity contribution is 5.54. The second kappa shape index (κ2) is 3.63. The van der Waals surface area contributed by atoms with Crippen LogP contribution in [0.15, 0.2) is 18.2 Å². The zero-order chi connectivity index (χ0) is 8.97. The van der Waals surface area contributed by atoms with E-state index in [4.69, 9.17) is 11.3 Å². The Hall–Kier alpha value is -1.69. The molecule has 0 aromatic heterocycles. The molecule has 0 spiro atoms. The monoisotopic (exact) mass is 163 g/mol. The largest absolute Gasteiger partial charge is 0.504 e. The first-order valence-electron chi connectivity index (χ1n) is 3.61. The molecule has 0 unspecified atom stereocenters. The van der Waals surface area contributed by atoms with Crippen molar-refractivity contribution in [2.75, 3.05) is 6.61 Å². The highest BCUT2D eigenvalue weighted by atomic mass is 16.5. The molecule has 0 atom stereocenters. The van der Waals surface area contributed by atoms with Crippen LogP contribution in [0.5, 0.6) is 11.5 Å². The summed E-state index contributed by atoms with van der Waals surface area (Å²) in [4.78, 5) is 3.21. The Morgan fingerprint density at radius 3 is 2.92 bits per heavy atom. The Morgan fingerprint density at radius 1 is 1.58 bits per heavy atom. The van der Waals surface area contributed by atoms with Crippen molar-refractivity contribution in [2.24, 2.45) is 0 Å². The smallest absolute Gasteiger partial charge is 0.191 e. The molecule has 1 rings (SSSR count). The van der Waals surface area contributed by atoms with Crippen LogP contribution in [0.2, 0.25) is 0 Å². The van der Waals surface area contributed by atoms with Crippen molar-refractivity contribution in [1.29, 1.82) is 0 Å². The quantitative estimate of drug-likeness (QED) is 0.679. The first-order chi connectivity index (χ1) is 5.77. The van der Waals surface area contributed by atoms with Crippen LogP contribution in [0, 0.1) is 6.57 Å². The van der Waals surface area contributed by atoms with Gasteiger partial charge < -0.3 is 9.84 Å². The number of aromatic hydroxyl groups is 1. The molecular weight excluding hydrogens is 154 g/mol. The molecule has 1 N–H and O–H groups in total. The summed E-state index contributed by atoms with van der Waals surface area (Å²) in [6.45, 7) is 9.04. The van der Waals surface area contributed by atoms with Crippen LogP contribution < -0.4 is 4.74 Å². The summed E-state index contributed by atoms with van der Waals surface area (Å²) in [5.41, 5.74) is 0.469. The molecule has 62 valence electrons. The fourth-order valence-electron chi connectivity index (χ4n) is 0.843. The third-order valence-electron chi connectivity index (χ3n) is 1.37. The molecule has 0 heterocycles. The molecule has 0 bridgehead atoms. The minimum Gasteiger partial charge on any atom is -0.504 e. The topological polar surface area (TPSA) is 33.8 Å². The fourth-order valence-corrected chi connectivity index (χ4v) is 0.843. The van der Waals surface area contributed by atoms with E-state index in [2.05, 4.69) is 4.85 Å². The van der Waals surface area contributed by atoms with E-state index < -0.39 is 0 Å². The number of ether oxygens (including phenoxy) is 1. The van der Waals surface area contributed by atoms with E-state index in [0.29, 0.717) is 18.0 Å². The van der Waals surface area contributed by atoms with Gasteiger partial charge >= 0.3 is 0 Å². The Kier molecular flexibility index (Phi) is 2.54. The van der Waals surface area contributed by atoms with Gasteiger partial charge in [0.25, 0.3) is 0 Å². The van der Waals surface area contributed by atoms with Gasteiger partial charge in [-0.25, -0.2) is 4.85 Å². The van der Waals surface area contributed by atoms with E-state index in [-0.39, 0.29) is 5.75 Å². The van der Waals surface area contributed by atoms with Gasteiger partial charge in [-0.3, -0.25) is 0 Å². The van der Waals surface area contributed by atoms with Crippen LogP contribution in [0.1, 0.15) is 6.92 Å². The number of rotatable bonds is 2. The summed E-state index contributed by atoms with van der Waals surface area (Å²) in [6, 6.07) is 4.52. The summed E-state index contributed by atoms with van der Waals surface area (Å²) in [7, 11) is 0. The third kappa shape index (κ3) is 1.67. The van der Waals surface area contributed by atoms with Gasteiger partial charge in [-0.2, -0.15) is 0 Å². The molecule has 0 radical (unpaired) electrons. The number of hydrogen-bond acceptors (Lipinski definition) is 2. The minimum absolute atomic E-state index is 0.0734. The lowest BCUT2D eigenvalue weighted by atomic mass is 10.3. The van der Waals surface area contributed by atoms with E-state index in [1.165, 1.54) is 12.1 Å². The zero-order valence-corrected chi connectivity index (χ0v) is 6.74. The average Bonchev–Trinajstić information content (AvgIpc) is 2.09. The maximum atomic E-state index is 9.23. The van der Waals surface area contributed by atoms with Crippen LogP contribution in [-0.4, -0.2) is 11.7 Å². The summed E-state index contributed by atoms with van der Waals surface area (Å²) in [5, 5.41) is 9.23. The number of hydrogen-bond donors (Lipinski definition) is 1. The van der Waals surface area contributed by atoms with E-state index in [0.717, 1.165) is 0 Å². The van der Waals surface area contributed by atoms with Crippen molar-refractivity contribution in [2.45, 2.75) is 6.92 Å². The molecule has 0 aliphatic heterocycles. The van der Waals surface area contributed by atoms with Gasteiger partial charge in [-0.15, -0.1) is 0 Å². The van der Waals surface area contributed by atoms with Crippen LogP contribution in [0.4, 0.5) is 5.69 Å². The van der Waals surface area contributed by atoms with Gasteiger partial charge in [0.1, 0.15) is 0 Å². The Bertz CT molecular complexity index is 315. The average molecular weight is 163 g/mol. The zero-order valence-electron chi connectivity index (χ0n) is 6.74. The summed E-state index contributed by atoms with van der Waals surface area (Å²) >= 11 is 0. The highest BCUT2D eigenvalue weighted by Crippen LogP contribution is 2.30. The lowest BCUT2D eigenvalue weighted by molar-refractivity contribution is 0.318. The normalized spacial score (nSPS) is 9.00. The lowest BCUT2D eigenvalue weighted by Crippen LogP contribution is -1.90. The molecule has 1 aromatic carbocycles. The number of benzene rings is 1. The van der Waals surface area contributed by atoms with Gasteiger partial charge in [0.05, 0.1) is 13.2 Å². The van der Waals surface area contributed by atoms with Gasteiger partial charge in [-0.05, 0) is 19.1 Å². The number of phenols is 1. The van der Waals surface area contributed by atoms with E-state index in [1.54, 1.807) is 6.07 Å². The maximum absolute atomic E-state index is 9.23.